The summed E-state index contributed by atoms with van der Waals surface area (Å²) in [5, 5.41) is 12.0. The zero-order valence-corrected chi connectivity index (χ0v) is 11.3. The Morgan fingerprint density at radius 2 is 2.31 bits per heavy atom. The van der Waals surface area contributed by atoms with Crippen molar-refractivity contribution >= 4 is 27.3 Å². The van der Waals surface area contributed by atoms with Crippen LogP contribution in [0.2, 0.25) is 0 Å². The molecule has 0 aromatic carbocycles. The van der Waals surface area contributed by atoms with E-state index in [1.54, 1.807) is 17.5 Å². The second-order valence-electron chi connectivity index (χ2n) is 3.68. The van der Waals surface area contributed by atoms with Crippen LogP contribution in [0.25, 0.3) is 0 Å². The molecule has 0 aliphatic carbocycles. The van der Waals surface area contributed by atoms with Crippen molar-refractivity contribution in [3.8, 4) is 0 Å². The molecule has 1 unspecified atom stereocenters. The zero-order chi connectivity index (χ0) is 11.5. The summed E-state index contributed by atoms with van der Waals surface area (Å²) in [7, 11) is 0. The van der Waals surface area contributed by atoms with Gasteiger partial charge in [0.25, 0.3) is 0 Å². The van der Waals surface area contributed by atoms with Gasteiger partial charge in [0.1, 0.15) is 0 Å². The first-order chi connectivity index (χ1) is 7.65. The lowest BCUT2D eigenvalue weighted by Crippen LogP contribution is -2.01. The number of aromatic nitrogens is 1. The third kappa shape index (κ3) is 2.90. The summed E-state index contributed by atoms with van der Waals surface area (Å²) < 4.78 is 1.07. The van der Waals surface area contributed by atoms with Crippen molar-refractivity contribution in [1.29, 1.82) is 0 Å². The van der Waals surface area contributed by atoms with Crippen LogP contribution in [0.5, 0.6) is 0 Å². The third-order valence-electron chi connectivity index (χ3n) is 2.34. The highest BCUT2D eigenvalue weighted by Crippen LogP contribution is 2.25. The smallest absolute Gasteiger partial charge is 0.0853 e. The average Bonchev–Trinajstić information content (AvgIpc) is 2.65. The van der Waals surface area contributed by atoms with Gasteiger partial charge in [0.05, 0.1) is 6.10 Å². The highest BCUT2D eigenvalue weighted by Gasteiger charge is 2.10. The quantitative estimate of drug-likeness (QED) is 0.941. The van der Waals surface area contributed by atoms with Crippen LogP contribution in [0.15, 0.2) is 34.2 Å². The van der Waals surface area contributed by atoms with E-state index < -0.39 is 6.10 Å². The van der Waals surface area contributed by atoms with Crippen LogP contribution in [0, 0.1) is 6.92 Å². The minimum absolute atomic E-state index is 0.473. The van der Waals surface area contributed by atoms with Crippen LogP contribution in [-0.4, -0.2) is 10.1 Å². The number of rotatable bonds is 3. The first kappa shape index (κ1) is 11.8. The summed E-state index contributed by atoms with van der Waals surface area (Å²) in [4.78, 5) is 5.35. The molecular weight excluding hydrogens is 286 g/mol. The largest absolute Gasteiger partial charge is 0.388 e. The Labute approximate surface area is 107 Å². The molecule has 0 saturated carbocycles. The lowest BCUT2D eigenvalue weighted by Gasteiger charge is -2.09. The third-order valence-corrected chi connectivity index (χ3v) is 4.06. The fraction of sp³-hybridized carbons (Fsp3) is 0.250. The van der Waals surface area contributed by atoms with Gasteiger partial charge in [-0.2, -0.15) is 0 Å². The summed E-state index contributed by atoms with van der Waals surface area (Å²) in [6.45, 7) is 1.94. The fourth-order valence-corrected chi connectivity index (χ4v) is 2.93. The van der Waals surface area contributed by atoms with Gasteiger partial charge in [0, 0.05) is 33.0 Å². The molecule has 0 amide bonds. The van der Waals surface area contributed by atoms with Crippen molar-refractivity contribution in [3.05, 3.63) is 50.4 Å². The van der Waals surface area contributed by atoms with E-state index in [1.807, 2.05) is 30.5 Å². The van der Waals surface area contributed by atoms with Gasteiger partial charge in [-0.05, 0) is 40.5 Å². The minimum atomic E-state index is -0.473. The molecule has 1 N–H and O–H groups in total. The molecule has 0 bridgehead atoms. The summed E-state index contributed by atoms with van der Waals surface area (Å²) in [5.74, 6) is 0. The summed E-state index contributed by atoms with van der Waals surface area (Å²) in [6.07, 6.45) is 1.91. The van der Waals surface area contributed by atoms with Gasteiger partial charge < -0.3 is 5.11 Å². The maximum absolute atomic E-state index is 10.0. The van der Waals surface area contributed by atoms with Crippen LogP contribution in [0.1, 0.15) is 22.2 Å². The summed E-state index contributed by atoms with van der Waals surface area (Å²) in [6, 6.07) is 5.88. The van der Waals surface area contributed by atoms with Crippen LogP contribution in [0.4, 0.5) is 0 Å². The molecule has 1 atom stereocenters. The molecule has 2 heterocycles. The Bertz CT molecular complexity index is 466. The number of nitrogens with zero attached hydrogens (tertiary/aromatic N) is 1. The fourth-order valence-electron chi connectivity index (χ4n) is 1.45. The molecule has 2 nitrogen and oxygen atoms in total. The monoisotopic (exact) mass is 297 g/mol. The summed E-state index contributed by atoms with van der Waals surface area (Å²) in [5.41, 5.74) is 1.84. The van der Waals surface area contributed by atoms with E-state index in [4.69, 9.17) is 0 Å². The van der Waals surface area contributed by atoms with Gasteiger partial charge in [-0.3, -0.25) is 4.98 Å². The maximum Gasteiger partial charge on any atom is 0.0853 e. The van der Waals surface area contributed by atoms with Crippen molar-refractivity contribution in [2.24, 2.45) is 0 Å². The molecule has 2 aromatic heterocycles. The number of hydrogen-bond donors (Lipinski definition) is 1. The van der Waals surface area contributed by atoms with Crippen LogP contribution >= 0.6 is 27.3 Å². The van der Waals surface area contributed by atoms with Crippen molar-refractivity contribution in [3.63, 3.8) is 0 Å². The lowest BCUT2D eigenvalue weighted by molar-refractivity contribution is 0.179. The number of thiophene rings is 1. The first-order valence-electron chi connectivity index (χ1n) is 4.98. The molecule has 16 heavy (non-hydrogen) atoms. The molecular formula is C12H12BrNOS. The molecule has 2 rings (SSSR count). The number of aliphatic hydroxyl groups excluding tert-OH is 1. The highest BCUT2D eigenvalue weighted by atomic mass is 79.9. The van der Waals surface area contributed by atoms with E-state index >= 15 is 0 Å². The SMILES string of the molecule is Cc1ccc(C(O)Cc2cc(Br)cs2)cn1. The van der Waals surface area contributed by atoms with E-state index in [0.717, 1.165) is 15.7 Å². The zero-order valence-electron chi connectivity index (χ0n) is 8.85. The van der Waals surface area contributed by atoms with Crippen molar-refractivity contribution in [2.45, 2.75) is 19.4 Å². The maximum atomic E-state index is 10.0. The van der Waals surface area contributed by atoms with E-state index in [0.29, 0.717) is 6.42 Å². The average molecular weight is 298 g/mol. The van der Waals surface area contributed by atoms with E-state index in [1.165, 1.54) is 4.88 Å². The molecule has 0 fully saturated rings. The standard InChI is InChI=1S/C12H12BrNOS/c1-8-2-3-9(6-14-8)12(15)5-11-4-10(13)7-16-11/h2-4,6-7,12,15H,5H2,1H3. The van der Waals surface area contributed by atoms with Gasteiger partial charge in [0.15, 0.2) is 0 Å². The van der Waals surface area contributed by atoms with E-state index in [2.05, 4.69) is 20.9 Å². The molecule has 0 saturated heterocycles. The number of aliphatic hydroxyl groups is 1. The summed E-state index contributed by atoms with van der Waals surface area (Å²) >= 11 is 5.05. The molecule has 0 aliphatic heterocycles. The predicted molar refractivity (Wildman–Crippen MR) is 69.7 cm³/mol. The normalized spacial score (nSPS) is 12.7. The Balaban J connectivity index is 2.08. The number of hydrogen-bond acceptors (Lipinski definition) is 3. The van der Waals surface area contributed by atoms with Crippen molar-refractivity contribution < 1.29 is 5.11 Å². The topological polar surface area (TPSA) is 33.1 Å². The molecule has 0 aliphatic rings. The first-order valence-corrected chi connectivity index (χ1v) is 6.66. The highest BCUT2D eigenvalue weighted by molar-refractivity contribution is 9.10. The van der Waals surface area contributed by atoms with E-state index in [-0.39, 0.29) is 0 Å². The van der Waals surface area contributed by atoms with Crippen molar-refractivity contribution in [2.75, 3.05) is 0 Å². The Morgan fingerprint density at radius 3 is 2.88 bits per heavy atom. The number of aryl methyl sites for hydroxylation is 1. The van der Waals surface area contributed by atoms with Gasteiger partial charge in [-0.15, -0.1) is 11.3 Å². The van der Waals surface area contributed by atoms with Gasteiger partial charge in [0.2, 0.25) is 0 Å². The van der Waals surface area contributed by atoms with Crippen LogP contribution in [-0.2, 0) is 6.42 Å². The molecule has 0 radical (unpaired) electrons. The molecule has 2 aromatic rings. The Hall–Kier alpha value is -0.710. The number of pyridine rings is 1. The predicted octanol–water partition coefficient (Wildman–Crippen LogP) is 3.49. The van der Waals surface area contributed by atoms with Gasteiger partial charge in [-0.25, -0.2) is 0 Å². The molecule has 84 valence electrons. The Kier molecular flexibility index (Phi) is 3.74. The van der Waals surface area contributed by atoms with Crippen LogP contribution in [0.3, 0.4) is 0 Å². The van der Waals surface area contributed by atoms with Gasteiger partial charge in [-0.1, -0.05) is 6.07 Å². The van der Waals surface area contributed by atoms with E-state index in [9.17, 15) is 5.11 Å². The number of halogens is 1. The lowest BCUT2D eigenvalue weighted by atomic mass is 10.1. The minimum Gasteiger partial charge on any atom is -0.388 e. The second kappa shape index (κ2) is 5.08. The molecule has 4 heteroatoms. The second-order valence-corrected chi connectivity index (χ2v) is 5.60. The Morgan fingerprint density at radius 1 is 1.50 bits per heavy atom. The van der Waals surface area contributed by atoms with Crippen molar-refractivity contribution in [1.82, 2.24) is 4.98 Å². The molecule has 0 spiro atoms. The van der Waals surface area contributed by atoms with Crippen LogP contribution < -0.4 is 0 Å². The van der Waals surface area contributed by atoms with Gasteiger partial charge >= 0.3 is 0 Å².